The number of piperidine rings is 1. The van der Waals surface area contributed by atoms with Crippen LogP contribution in [0.1, 0.15) is 25.8 Å². The van der Waals surface area contributed by atoms with E-state index in [9.17, 15) is 9.59 Å². The van der Waals surface area contributed by atoms with Crippen LogP contribution < -0.4 is 4.74 Å². The molecule has 1 aliphatic rings. The van der Waals surface area contributed by atoms with Gasteiger partial charge in [-0.1, -0.05) is 13.0 Å². The first-order valence-corrected chi connectivity index (χ1v) is 8.53. The normalized spacial score (nSPS) is 22.5. The Morgan fingerprint density at radius 3 is 2.70 bits per heavy atom. The van der Waals surface area contributed by atoms with Gasteiger partial charge in [0.1, 0.15) is 5.75 Å². The summed E-state index contributed by atoms with van der Waals surface area (Å²) < 4.78 is 6.59. The molecule has 1 amide bonds. The molecule has 3 atom stereocenters. The molecular weight excluding hydrogens is 362 g/mol. The summed E-state index contributed by atoms with van der Waals surface area (Å²) in [4.78, 5) is 25.4. The zero-order valence-corrected chi connectivity index (χ0v) is 15.2. The number of nitrogens with zero attached hydrogens (tertiary/aromatic N) is 1. The van der Waals surface area contributed by atoms with E-state index >= 15 is 0 Å². The first kappa shape index (κ1) is 17.8. The second kappa shape index (κ2) is 7.34. The molecule has 23 heavy (non-hydrogen) atoms. The van der Waals surface area contributed by atoms with Gasteiger partial charge in [-0.15, -0.1) is 0 Å². The Morgan fingerprint density at radius 2 is 2.13 bits per heavy atom. The summed E-state index contributed by atoms with van der Waals surface area (Å²) in [5.41, 5.74) is 1.10. The molecule has 0 aromatic heterocycles. The highest BCUT2D eigenvalue weighted by atomic mass is 79.9. The lowest BCUT2D eigenvalue weighted by Gasteiger charge is -2.36. The van der Waals surface area contributed by atoms with Gasteiger partial charge in [-0.05, 0) is 59.8 Å². The fourth-order valence-corrected chi connectivity index (χ4v) is 3.50. The van der Waals surface area contributed by atoms with Crippen LogP contribution in [0.15, 0.2) is 22.7 Å². The molecule has 0 spiro atoms. The van der Waals surface area contributed by atoms with E-state index in [1.807, 2.05) is 32.0 Å². The van der Waals surface area contributed by atoms with E-state index in [0.29, 0.717) is 25.3 Å². The molecule has 1 N–H and O–H groups in total. The van der Waals surface area contributed by atoms with E-state index in [1.54, 1.807) is 11.8 Å². The molecule has 1 heterocycles. The summed E-state index contributed by atoms with van der Waals surface area (Å²) in [5, 5.41) is 9.16. The quantitative estimate of drug-likeness (QED) is 0.867. The number of aryl methyl sites for hydroxylation is 1. The molecule has 0 aliphatic carbocycles. The van der Waals surface area contributed by atoms with E-state index in [2.05, 4.69) is 15.9 Å². The summed E-state index contributed by atoms with van der Waals surface area (Å²) in [6, 6.07) is 5.70. The smallest absolute Gasteiger partial charge is 0.306 e. The van der Waals surface area contributed by atoms with Crippen molar-refractivity contribution in [2.45, 2.75) is 33.3 Å². The van der Waals surface area contributed by atoms with Crippen molar-refractivity contribution in [3.8, 4) is 5.75 Å². The largest absolute Gasteiger partial charge is 0.481 e. The van der Waals surface area contributed by atoms with Crippen LogP contribution in [0.2, 0.25) is 0 Å². The van der Waals surface area contributed by atoms with Gasteiger partial charge in [0.15, 0.2) is 6.10 Å². The lowest BCUT2D eigenvalue weighted by molar-refractivity contribution is -0.150. The van der Waals surface area contributed by atoms with Gasteiger partial charge >= 0.3 is 5.97 Å². The van der Waals surface area contributed by atoms with Gasteiger partial charge in [0, 0.05) is 13.1 Å². The maximum Gasteiger partial charge on any atom is 0.306 e. The van der Waals surface area contributed by atoms with Gasteiger partial charge in [0.05, 0.1) is 10.4 Å². The van der Waals surface area contributed by atoms with Gasteiger partial charge < -0.3 is 14.7 Å². The Labute approximate surface area is 144 Å². The summed E-state index contributed by atoms with van der Waals surface area (Å²) in [6.45, 7) is 6.50. The van der Waals surface area contributed by atoms with Crippen LogP contribution in [-0.4, -0.2) is 41.1 Å². The molecule has 2 rings (SSSR count). The number of amides is 1. The highest BCUT2D eigenvalue weighted by molar-refractivity contribution is 9.10. The van der Waals surface area contributed by atoms with Crippen LogP contribution in [0.4, 0.5) is 0 Å². The van der Waals surface area contributed by atoms with Crippen LogP contribution in [0.3, 0.4) is 0 Å². The monoisotopic (exact) mass is 383 g/mol. The molecule has 1 aromatic rings. The average molecular weight is 384 g/mol. The zero-order chi connectivity index (χ0) is 17.1. The van der Waals surface area contributed by atoms with Crippen LogP contribution in [0.25, 0.3) is 0 Å². The number of hydrogen-bond acceptors (Lipinski definition) is 3. The number of hydrogen-bond donors (Lipinski definition) is 1. The number of carboxylic acids is 1. The number of likely N-dealkylation sites (tertiary alicyclic amines) is 1. The van der Waals surface area contributed by atoms with E-state index < -0.39 is 12.1 Å². The van der Waals surface area contributed by atoms with E-state index in [4.69, 9.17) is 9.84 Å². The third kappa shape index (κ3) is 4.25. The van der Waals surface area contributed by atoms with Crippen molar-refractivity contribution in [3.63, 3.8) is 0 Å². The Kier molecular flexibility index (Phi) is 5.68. The Bertz CT molecular complexity index is 604. The van der Waals surface area contributed by atoms with Gasteiger partial charge in [-0.3, -0.25) is 9.59 Å². The SMILES string of the molecule is Cc1ccc(OC(C)C(=O)N2CCC(C(=O)O)C(C)C2)c(Br)c1. The summed E-state index contributed by atoms with van der Waals surface area (Å²) in [7, 11) is 0. The van der Waals surface area contributed by atoms with E-state index in [-0.39, 0.29) is 17.7 Å². The number of aliphatic carboxylic acids is 1. The van der Waals surface area contributed by atoms with Gasteiger partial charge in [0.25, 0.3) is 5.91 Å². The molecular formula is C17H22BrNO4. The minimum atomic E-state index is -0.780. The molecule has 5 nitrogen and oxygen atoms in total. The Morgan fingerprint density at radius 1 is 1.43 bits per heavy atom. The first-order valence-electron chi connectivity index (χ1n) is 7.74. The molecule has 126 valence electrons. The molecule has 0 radical (unpaired) electrons. The molecule has 0 bridgehead atoms. The lowest BCUT2D eigenvalue weighted by atomic mass is 9.87. The number of ether oxygens (including phenoxy) is 1. The predicted octanol–water partition coefficient (Wildman–Crippen LogP) is 3.09. The Balaban J connectivity index is 1.99. The van der Waals surface area contributed by atoms with Crippen molar-refractivity contribution in [2.75, 3.05) is 13.1 Å². The average Bonchev–Trinajstić information content (AvgIpc) is 2.48. The Hall–Kier alpha value is -1.56. The third-order valence-corrected chi connectivity index (χ3v) is 4.89. The molecule has 6 heteroatoms. The van der Waals surface area contributed by atoms with Gasteiger partial charge in [-0.2, -0.15) is 0 Å². The summed E-state index contributed by atoms with van der Waals surface area (Å²) >= 11 is 3.44. The lowest BCUT2D eigenvalue weighted by Crippen LogP contribution is -2.49. The second-order valence-corrected chi connectivity index (χ2v) is 7.04. The van der Waals surface area contributed by atoms with Crippen molar-refractivity contribution in [3.05, 3.63) is 28.2 Å². The third-order valence-electron chi connectivity index (χ3n) is 4.27. The zero-order valence-electron chi connectivity index (χ0n) is 13.6. The van der Waals surface area contributed by atoms with Crippen molar-refractivity contribution in [1.82, 2.24) is 4.90 Å². The molecule has 1 fully saturated rings. The minimum absolute atomic E-state index is 0.0523. The van der Waals surface area contributed by atoms with E-state index in [1.165, 1.54) is 0 Å². The predicted molar refractivity (Wildman–Crippen MR) is 90.5 cm³/mol. The summed E-state index contributed by atoms with van der Waals surface area (Å²) in [6.07, 6.45) is -0.119. The van der Waals surface area contributed by atoms with Crippen LogP contribution in [0.5, 0.6) is 5.75 Å². The topological polar surface area (TPSA) is 66.8 Å². The fraction of sp³-hybridized carbons (Fsp3) is 0.529. The number of benzene rings is 1. The standard InChI is InChI=1S/C17H22BrNO4/c1-10-4-5-15(14(18)8-10)23-12(3)16(20)19-7-6-13(17(21)22)11(2)9-19/h4-5,8,11-13H,6-7,9H2,1-3H3,(H,21,22). The first-order chi connectivity index (χ1) is 10.8. The second-order valence-electron chi connectivity index (χ2n) is 6.19. The van der Waals surface area contributed by atoms with Crippen molar-refractivity contribution >= 4 is 27.8 Å². The number of rotatable bonds is 4. The van der Waals surface area contributed by atoms with Crippen molar-refractivity contribution < 1.29 is 19.4 Å². The molecule has 1 aliphatic heterocycles. The maximum atomic E-state index is 12.5. The maximum absolute atomic E-state index is 12.5. The van der Waals surface area contributed by atoms with Crippen LogP contribution >= 0.6 is 15.9 Å². The van der Waals surface area contributed by atoms with Crippen LogP contribution in [0, 0.1) is 18.8 Å². The van der Waals surface area contributed by atoms with Gasteiger partial charge in [0.2, 0.25) is 0 Å². The van der Waals surface area contributed by atoms with E-state index in [0.717, 1.165) is 10.0 Å². The van der Waals surface area contributed by atoms with Crippen molar-refractivity contribution in [1.29, 1.82) is 0 Å². The highest BCUT2D eigenvalue weighted by Crippen LogP contribution is 2.28. The van der Waals surface area contributed by atoms with Gasteiger partial charge in [-0.25, -0.2) is 0 Å². The van der Waals surface area contributed by atoms with Crippen LogP contribution in [-0.2, 0) is 9.59 Å². The molecule has 1 aromatic carbocycles. The van der Waals surface area contributed by atoms with Crippen molar-refractivity contribution in [2.24, 2.45) is 11.8 Å². The minimum Gasteiger partial charge on any atom is -0.481 e. The molecule has 3 unspecified atom stereocenters. The highest BCUT2D eigenvalue weighted by Gasteiger charge is 2.34. The number of carboxylic acid groups (broad SMARTS) is 1. The molecule has 0 saturated carbocycles. The number of carbonyl (C=O) groups excluding carboxylic acids is 1. The molecule has 1 saturated heterocycles. The fourth-order valence-electron chi connectivity index (χ4n) is 2.91. The number of halogens is 1. The summed E-state index contributed by atoms with van der Waals surface area (Å²) in [5.74, 6) is -0.680. The number of carbonyl (C=O) groups is 2.